The number of fused-ring (bicyclic) bond motifs is 1. The molecule has 0 spiro atoms. The third-order valence-corrected chi connectivity index (χ3v) is 3.77. The molecular weight excluding hydrogens is 255 g/mol. The zero-order valence-corrected chi connectivity index (χ0v) is 11.2. The zero-order chi connectivity index (χ0) is 13.9. The molecule has 0 atom stereocenters. The van der Waals surface area contributed by atoms with Crippen LogP contribution in [0.1, 0.15) is 23.1 Å². The molecule has 0 saturated heterocycles. The quantitative estimate of drug-likeness (QED) is 0.913. The van der Waals surface area contributed by atoms with E-state index in [0.717, 1.165) is 19.4 Å². The maximum atomic E-state index is 14.3. The first kappa shape index (κ1) is 13.1. The lowest BCUT2D eigenvalue weighted by Gasteiger charge is -2.23. The van der Waals surface area contributed by atoms with Gasteiger partial charge < -0.3 is 10.0 Å². The van der Waals surface area contributed by atoms with E-state index in [9.17, 15) is 4.39 Å². The smallest absolute Gasteiger partial charge is 0.171 e. The summed E-state index contributed by atoms with van der Waals surface area (Å²) in [6.07, 6.45) is 3.54. The summed E-state index contributed by atoms with van der Waals surface area (Å²) < 4.78 is 14.3. The van der Waals surface area contributed by atoms with Gasteiger partial charge in [0.15, 0.2) is 11.6 Å². The lowest BCUT2D eigenvalue weighted by atomic mass is 10.0. The Bertz CT molecular complexity index is 615. The monoisotopic (exact) mass is 272 g/mol. The van der Waals surface area contributed by atoms with Crippen molar-refractivity contribution in [2.75, 3.05) is 11.4 Å². The van der Waals surface area contributed by atoms with E-state index >= 15 is 0 Å². The van der Waals surface area contributed by atoms with Crippen LogP contribution in [-0.4, -0.2) is 16.6 Å². The van der Waals surface area contributed by atoms with Crippen LogP contribution in [-0.2, 0) is 19.6 Å². The fraction of sp³-hybridized carbons (Fsp3) is 0.312. The maximum Gasteiger partial charge on any atom is 0.171 e. The second-order valence-electron chi connectivity index (χ2n) is 5.06. The number of aliphatic hydroxyl groups is 1. The molecule has 1 aliphatic heterocycles. The highest BCUT2D eigenvalue weighted by Crippen LogP contribution is 2.25. The van der Waals surface area contributed by atoms with Crippen LogP contribution in [0.4, 0.5) is 10.2 Å². The van der Waals surface area contributed by atoms with E-state index in [-0.39, 0.29) is 6.61 Å². The van der Waals surface area contributed by atoms with Crippen molar-refractivity contribution < 1.29 is 9.50 Å². The van der Waals surface area contributed by atoms with E-state index in [0.29, 0.717) is 17.9 Å². The van der Waals surface area contributed by atoms with Crippen molar-refractivity contribution in [1.82, 2.24) is 4.98 Å². The fourth-order valence-electron chi connectivity index (χ4n) is 2.70. The Hall–Kier alpha value is -1.94. The van der Waals surface area contributed by atoms with Gasteiger partial charge in [-0.1, -0.05) is 24.3 Å². The number of rotatable bonds is 2. The molecule has 2 heterocycles. The average Bonchev–Trinajstić information content (AvgIpc) is 2.69. The molecule has 0 radical (unpaired) electrons. The van der Waals surface area contributed by atoms with Crippen molar-refractivity contribution in [2.24, 2.45) is 0 Å². The minimum atomic E-state index is -0.408. The third-order valence-electron chi connectivity index (χ3n) is 3.77. The molecule has 1 aliphatic rings. The minimum absolute atomic E-state index is 0.299. The van der Waals surface area contributed by atoms with Crippen molar-refractivity contribution in [3.63, 3.8) is 0 Å². The molecule has 0 saturated carbocycles. The molecule has 20 heavy (non-hydrogen) atoms. The summed E-state index contributed by atoms with van der Waals surface area (Å²) in [7, 11) is 0. The van der Waals surface area contributed by atoms with Crippen LogP contribution in [0.15, 0.2) is 36.5 Å². The summed E-state index contributed by atoms with van der Waals surface area (Å²) in [5.41, 5.74) is 2.85. The molecule has 0 unspecified atom stereocenters. The molecule has 0 bridgehead atoms. The molecule has 3 rings (SSSR count). The largest absolute Gasteiger partial charge is 0.392 e. The summed E-state index contributed by atoms with van der Waals surface area (Å²) in [6, 6.07) is 9.79. The molecule has 3 nitrogen and oxygen atoms in total. The Morgan fingerprint density at radius 2 is 2.00 bits per heavy atom. The van der Waals surface area contributed by atoms with Gasteiger partial charge in [-0.25, -0.2) is 9.37 Å². The SMILES string of the molecule is OCc1ccnc(N2CCCc3ccccc3C2)c1F. The Balaban J connectivity index is 1.95. The van der Waals surface area contributed by atoms with Crippen molar-refractivity contribution in [2.45, 2.75) is 26.0 Å². The van der Waals surface area contributed by atoms with E-state index < -0.39 is 5.82 Å². The molecule has 0 fully saturated rings. The van der Waals surface area contributed by atoms with Crippen LogP contribution in [0.5, 0.6) is 0 Å². The van der Waals surface area contributed by atoms with E-state index in [1.807, 2.05) is 17.0 Å². The highest BCUT2D eigenvalue weighted by molar-refractivity contribution is 5.45. The van der Waals surface area contributed by atoms with Crippen LogP contribution >= 0.6 is 0 Å². The number of benzene rings is 1. The van der Waals surface area contributed by atoms with Gasteiger partial charge in [-0.2, -0.15) is 0 Å². The van der Waals surface area contributed by atoms with Gasteiger partial charge in [-0.3, -0.25) is 0 Å². The first-order valence-corrected chi connectivity index (χ1v) is 6.85. The summed E-state index contributed by atoms with van der Waals surface area (Å²) >= 11 is 0. The Morgan fingerprint density at radius 1 is 1.20 bits per heavy atom. The second kappa shape index (κ2) is 5.59. The Kier molecular flexibility index (Phi) is 3.65. The zero-order valence-electron chi connectivity index (χ0n) is 11.2. The summed E-state index contributed by atoms with van der Waals surface area (Å²) in [5.74, 6) is -0.0670. The summed E-state index contributed by atoms with van der Waals surface area (Å²) in [5, 5.41) is 9.17. The first-order chi connectivity index (χ1) is 9.79. The van der Waals surface area contributed by atoms with Crippen molar-refractivity contribution >= 4 is 5.82 Å². The number of aliphatic hydroxyl groups excluding tert-OH is 1. The number of hydrogen-bond acceptors (Lipinski definition) is 3. The third kappa shape index (κ3) is 2.39. The number of halogens is 1. The van der Waals surface area contributed by atoms with E-state index in [1.54, 1.807) is 6.20 Å². The average molecular weight is 272 g/mol. The molecular formula is C16H17FN2O. The second-order valence-corrected chi connectivity index (χ2v) is 5.06. The Morgan fingerprint density at radius 3 is 2.80 bits per heavy atom. The van der Waals surface area contributed by atoms with E-state index in [4.69, 9.17) is 5.11 Å². The highest BCUT2D eigenvalue weighted by atomic mass is 19.1. The standard InChI is InChI=1S/C16H17FN2O/c17-15-14(11-20)7-8-18-16(15)19-9-3-6-12-4-1-2-5-13(12)10-19/h1-2,4-5,7-8,20H,3,6,9-11H2. The molecule has 2 aromatic rings. The first-order valence-electron chi connectivity index (χ1n) is 6.85. The lowest BCUT2D eigenvalue weighted by Crippen LogP contribution is -2.25. The minimum Gasteiger partial charge on any atom is -0.392 e. The maximum absolute atomic E-state index is 14.3. The molecule has 0 aliphatic carbocycles. The van der Waals surface area contributed by atoms with Crippen molar-refractivity contribution in [3.8, 4) is 0 Å². The number of anilines is 1. The number of aryl methyl sites for hydroxylation is 1. The van der Waals surface area contributed by atoms with Gasteiger partial charge in [-0.15, -0.1) is 0 Å². The molecule has 104 valence electrons. The van der Waals surface area contributed by atoms with Gasteiger partial charge >= 0.3 is 0 Å². The van der Waals surface area contributed by atoms with Gasteiger partial charge in [0.2, 0.25) is 0 Å². The van der Waals surface area contributed by atoms with Crippen molar-refractivity contribution in [1.29, 1.82) is 0 Å². The van der Waals surface area contributed by atoms with Gasteiger partial charge in [0.25, 0.3) is 0 Å². The number of pyridine rings is 1. The predicted octanol–water partition coefficient (Wildman–Crippen LogP) is 2.67. The normalized spacial score (nSPS) is 14.8. The van der Waals surface area contributed by atoms with Gasteiger partial charge in [-0.05, 0) is 30.0 Å². The fourth-order valence-corrected chi connectivity index (χ4v) is 2.70. The number of nitrogens with zero attached hydrogens (tertiary/aromatic N) is 2. The highest BCUT2D eigenvalue weighted by Gasteiger charge is 2.19. The van der Waals surface area contributed by atoms with Crippen LogP contribution in [0.2, 0.25) is 0 Å². The van der Waals surface area contributed by atoms with Crippen molar-refractivity contribution in [3.05, 3.63) is 59.0 Å². The molecule has 1 aromatic heterocycles. The molecule has 0 amide bonds. The van der Waals surface area contributed by atoms with E-state index in [2.05, 4.69) is 17.1 Å². The van der Waals surface area contributed by atoms with Crippen LogP contribution < -0.4 is 4.90 Å². The number of hydrogen-bond donors (Lipinski definition) is 1. The van der Waals surface area contributed by atoms with Gasteiger partial charge in [0.05, 0.1) is 6.61 Å². The van der Waals surface area contributed by atoms with Gasteiger partial charge in [0.1, 0.15) is 0 Å². The van der Waals surface area contributed by atoms with E-state index in [1.165, 1.54) is 17.2 Å². The summed E-state index contributed by atoms with van der Waals surface area (Å²) in [4.78, 5) is 6.12. The lowest BCUT2D eigenvalue weighted by molar-refractivity contribution is 0.275. The topological polar surface area (TPSA) is 36.4 Å². The number of aromatic nitrogens is 1. The van der Waals surface area contributed by atoms with Gasteiger partial charge in [0, 0.05) is 24.8 Å². The molecule has 4 heteroatoms. The van der Waals surface area contributed by atoms with Crippen LogP contribution in [0, 0.1) is 5.82 Å². The predicted molar refractivity (Wildman–Crippen MR) is 75.9 cm³/mol. The Labute approximate surface area is 117 Å². The van der Waals surface area contributed by atoms with Crippen LogP contribution in [0.25, 0.3) is 0 Å². The summed E-state index contributed by atoms with van der Waals surface area (Å²) in [6.45, 7) is 1.13. The molecule has 1 N–H and O–H groups in total. The van der Waals surface area contributed by atoms with Crippen LogP contribution in [0.3, 0.4) is 0 Å². The molecule has 1 aromatic carbocycles.